The molecule has 0 unspecified atom stereocenters. The van der Waals surface area contributed by atoms with Crippen LogP contribution in [0.15, 0.2) is 16.5 Å². The van der Waals surface area contributed by atoms with E-state index in [9.17, 15) is 0 Å². The van der Waals surface area contributed by atoms with E-state index in [0.717, 1.165) is 17.9 Å². The van der Waals surface area contributed by atoms with Crippen molar-refractivity contribution in [2.75, 3.05) is 0 Å². The molecule has 1 atom stereocenters. The predicted molar refractivity (Wildman–Crippen MR) is 63.7 cm³/mol. The largest absolute Gasteiger partial charge is 0.464 e. The van der Waals surface area contributed by atoms with Crippen LogP contribution in [-0.2, 0) is 6.42 Å². The Morgan fingerprint density at radius 2 is 2.00 bits per heavy atom. The predicted octanol–water partition coefficient (Wildman–Crippen LogP) is 3.67. The minimum atomic E-state index is -0.0205. The molecule has 0 bridgehead atoms. The number of unbranched alkanes of at least 4 members (excludes halogenated alkanes) is 1. The molecular weight excluding hydrogens is 186 g/mol. The zero-order chi connectivity index (χ0) is 11.5. The fourth-order valence-electron chi connectivity index (χ4n) is 1.47. The average Bonchev–Trinajstić information content (AvgIpc) is 2.60. The molecule has 2 N–H and O–H groups in total. The van der Waals surface area contributed by atoms with Crippen LogP contribution in [0.5, 0.6) is 0 Å². The Kier molecular flexibility index (Phi) is 3.97. The van der Waals surface area contributed by atoms with Gasteiger partial charge in [-0.1, -0.05) is 34.1 Å². The molecule has 0 amide bonds. The van der Waals surface area contributed by atoms with Crippen LogP contribution in [0.1, 0.15) is 58.1 Å². The Balaban J connectivity index is 2.67. The maximum Gasteiger partial charge on any atom is 0.121 e. The molecule has 0 fully saturated rings. The van der Waals surface area contributed by atoms with Gasteiger partial charge in [-0.15, -0.1) is 0 Å². The zero-order valence-electron chi connectivity index (χ0n) is 10.3. The molecule has 1 rings (SSSR count). The first kappa shape index (κ1) is 12.3. The maximum absolute atomic E-state index is 6.12. The second kappa shape index (κ2) is 4.84. The third kappa shape index (κ3) is 3.38. The number of nitrogens with two attached hydrogens (primary N) is 1. The van der Waals surface area contributed by atoms with Crippen molar-refractivity contribution in [3.8, 4) is 0 Å². The molecule has 0 saturated carbocycles. The van der Waals surface area contributed by atoms with Crippen molar-refractivity contribution in [3.63, 3.8) is 0 Å². The van der Waals surface area contributed by atoms with Crippen LogP contribution in [0.4, 0.5) is 0 Å². The Morgan fingerprint density at radius 3 is 2.53 bits per heavy atom. The fraction of sp³-hybridized carbons (Fsp3) is 0.692. The number of hydrogen-bond acceptors (Lipinski definition) is 2. The van der Waals surface area contributed by atoms with E-state index in [0.29, 0.717) is 0 Å². The summed E-state index contributed by atoms with van der Waals surface area (Å²) >= 11 is 0. The molecule has 0 spiro atoms. The van der Waals surface area contributed by atoms with Gasteiger partial charge in [0.1, 0.15) is 11.5 Å². The van der Waals surface area contributed by atoms with E-state index < -0.39 is 0 Å². The van der Waals surface area contributed by atoms with Crippen LogP contribution in [0.3, 0.4) is 0 Å². The minimum Gasteiger partial charge on any atom is -0.464 e. The second-order valence-electron chi connectivity index (χ2n) is 5.25. The number of furan rings is 1. The smallest absolute Gasteiger partial charge is 0.121 e. The Labute approximate surface area is 92.9 Å². The van der Waals surface area contributed by atoms with Gasteiger partial charge in [-0.3, -0.25) is 0 Å². The molecule has 0 aliphatic heterocycles. The molecule has 0 saturated heterocycles. The molecule has 1 aromatic rings. The van der Waals surface area contributed by atoms with Crippen molar-refractivity contribution >= 4 is 0 Å². The van der Waals surface area contributed by atoms with Crippen LogP contribution in [0.25, 0.3) is 0 Å². The monoisotopic (exact) mass is 209 g/mol. The summed E-state index contributed by atoms with van der Waals surface area (Å²) in [5, 5.41) is 0. The van der Waals surface area contributed by atoms with Gasteiger partial charge in [-0.25, -0.2) is 0 Å². The van der Waals surface area contributed by atoms with E-state index in [1.165, 1.54) is 12.8 Å². The summed E-state index contributed by atoms with van der Waals surface area (Å²) in [7, 11) is 0. The van der Waals surface area contributed by atoms with Gasteiger partial charge in [0.15, 0.2) is 0 Å². The molecule has 0 aliphatic rings. The highest BCUT2D eigenvalue weighted by atomic mass is 16.3. The van der Waals surface area contributed by atoms with E-state index >= 15 is 0 Å². The fourth-order valence-corrected chi connectivity index (χ4v) is 1.47. The second-order valence-corrected chi connectivity index (χ2v) is 5.25. The third-order valence-electron chi connectivity index (χ3n) is 2.70. The van der Waals surface area contributed by atoms with Crippen LogP contribution >= 0.6 is 0 Å². The van der Waals surface area contributed by atoms with Crippen molar-refractivity contribution < 1.29 is 4.42 Å². The van der Waals surface area contributed by atoms with Gasteiger partial charge in [0.05, 0.1) is 6.04 Å². The normalized spacial score (nSPS) is 14.2. The standard InChI is InChI=1S/C13H23NO/c1-5-6-7-10-8-9-11(15-10)12(14)13(2,3)4/h8-9,12H,5-7,14H2,1-4H3/t12-/m0/s1. The summed E-state index contributed by atoms with van der Waals surface area (Å²) in [4.78, 5) is 0. The molecule has 0 radical (unpaired) electrons. The molecule has 2 heteroatoms. The van der Waals surface area contributed by atoms with Crippen LogP contribution in [-0.4, -0.2) is 0 Å². The summed E-state index contributed by atoms with van der Waals surface area (Å²) in [5.74, 6) is 1.97. The lowest BCUT2D eigenvalue weighted by molar-refractivity contribution is 0.279. The Hall–Kier alpha value is -0.760. The maximum atomic E-state index is 6.12. The Bertz CT molecular complexity index is 296. The van der Waals surface area contributed by atoms with Crippen molar-refractivity contribution in [3.05, 3.63) is 23.7 Å². The first-order chi connectivity index (χ1) is 6.95. The lowest BCUT2D eigenvalue weighted by atomic mass is 9.86. The molecule has 86 valence electrons. The summed E-state index contributed by atoms with van der Waals surface area (Å²) in [6, 6.07) is 4.05. The number of hydrogen-bond donors (Lipinski definition) is 1. The van der Waals surface area contributed by atoms with Gasteiger partial charge in [0.25, 0.3) is 0 Å². The van der Waals surface area contributed by atoms with Gasteiger partial charge >= 0.3 is 0 Å². The van der Waals surface area contributed by atoms with Crippen molar-refractivity contribution in [1.82, 2.24) is 0 Å². The summed E-state index contributed by atoms with van der Waals surface area (Å²) in [6.07, 6.45) is 3.40. The van der Waals surface area contributed by atoms with Crippen LogP contribution < -0.4 is 5.73 Å². The summed E-state index contributed by atoms with van der Waals surface area (Å²) in [5.41, 5.74) is 6.18. The van der Waals surface area contributed by atoms with Gasteiger partial charge in [0, 0.05) is 6.42 Å². The quantitative estimate of drug-likeness (QED) is 0.821. The minimum absolute atomic E-state index is 0.0205. The van der Waals surface area contributed by atoms with E-state index in [1.807, 2.05) is 6.07 Å². The molecule has 0 aromatic carbocycles. The molecule has 2 nitrogen and oxygen atoms in total. The average molecular weight is 209 g/mol. The van der Waals surface area contributed by atoms with Crippen LogP contribution in [0, 0.1) is 5.41 Å². The van der Waals surface area contributed by atoms with E-state index in [1.54, 1.807) is 0 Å². The van der Waals surface area contributed by atoms with Gasteiger partial charge < -0.3 is 10.2 Å². The van der Waals surface area contributed by atoms with Crippen molar-refractivity contribution in [2.45, 2.75) is 53.0 Å². The number of aryl methyl sites for hydroxylation is 1. The summed E-state index contributed by atoms with van der Waals surface area (Å²) in [6.45, 7) is 8.58. The van der Waals surface area contributed by atoms with Crippen molar-refractivity contribution in [2.24, 2.45) is 11.1 Å². The Morgan fingerprint density at radius 1 is 1.33 bits per heavy atom. The zero-order valence-corrected chi connectivity index (χ0v) is 10.3. The molecule has 1 aromatic heterocycles. The van der Waals surface area contributed by atoms with Crippen LogP contribution in [0.2, 0.25) is 0 Å². The van der Waals surface area contributed by atoms with E-state index in [-0.39, 0.29) is 11.5 Å². The molecule has 1 heterocycles. The molecular formula is C13H23NO. The third-order valence-corrected chi connectivity index (χ3v) is 2.70. The SMILES string of the molecule is CCCCc1ccc([C@H](N)C(C)(C)C)o1. The van der Waals surface area contributed by atoms with E-state index in [4.69, 9.17) is 10.2 Å². The first-order valence-electron chi connectivity index (χ1n) is 5.79. The lowest BCUT2D eigenvalue weighted by Gasteiger charge is -2.24. The highest BCUT2D eigenvalue weighted by Gasteiger charge is 2.24. The lowest BCUT2D eigenvalue weighted by Crippen LogP contribution is -2.25. The first-order valence-corrected chi connectivity index (χ1v) is 5.79. The number of rotatable bonds is 4. The van der Waals surface area contributed by atoms with Gasteiger partial charge in [0.2, 0.25) is 0 Å². The van der Waals surface area contributed by atoms with Crippen molar-refractivity contribution in [1.29, 1.82) is 0 Å². The molecule has 15 heavy (non-hydrogen) atoms. The van der Waals surface area contributed by atoms with Gasteiger partial charge in [-0.2, -0.15) is 0 Å². The van der Waals surface area contributed by atoms with E-state index in [2.05, 4.69) is 33.8 Å². The summed E-state index contributed by atoms with van der Waals surface area (Å²) < 4.78 is 5.75. The highest BCUT2D eigenvalue weighted by molar-refractivity contribution is 5.12. The molecule has 0 aliphatic carbocycles. The topological polar surface area (TPSA) is 39.2 Å². The van der Waals surface area contributed by atoms with Gasteiger partial charge in [-0.05, 0) is 24.0 Å². The highest BCUT2D eigenvalue weighted by Crippen LogP contribution is 2.31.